The summed E-state index contributed by atoms with van der Waals surface area (Å²) in [5.41, 5.74) is 6.51. The van der Waals surface area contributed by atoms with E-state index >= 15 is 0 Å². The van der Waals surface area contributed by atoms with E-state index in [0.29, 0.717) is 84.1 Å². The van der Waals surface area contributed by atoms with Crippen molar-refractivity contribution in [2.45, 2.75) is 165 Å². The van der Waals surface area contributed by atoms with Gasteiger partial charge in [-0.1, -0.05) is 123 Å². The molecule has 0 aromatic heterocycles. The molecule has 6 aliphatic rings. The third-order valence-corrected chi connectivity index (χ3v) is 23.1. The maximum absolute atomic E-state index is 13.0. The first-order chi connectivity index (χ1) is 33.8. The van der Waals surface area contributed by atoms with Crippen LogP contribution in [0.4, 0.5) is 0 Å². The Morgan fingerprint density at radius 3 is 1.33 bits per heavy atom. The zero-order valence-corrected chi connectivity index (χ0v) is 47.1. The van der Waals surface area contributed by atoms with Gasteiger partial charge in [0.15, 0.2) is 19.7 Å². The molecule has 0 aliphatic heterocycles. The van der Waals surface area contributed by atoms with Gasteiger partial charge in [0.05, 0.1) is 65.8 Å². The Hall–Kier alpha value is -2.22. The summed E-state index contributed by atoms with van der Waals surface area (Å²) in [7, 11) is -6.86. The van der Waals surface area contributed by atoms with Gasteiger partial charge < -0.3 is 20.4 Å². The van der Waals surface area contributed by atoms with Gasteiger partial charge >= 0.3 is 0 Å². The van der Waals surface area contributed by atoms with Crippen molar-refractivity contribution >= 4 is 66.1 Å². The highest BCUT2D eigenvalue weighted by molar-refractivity contribution is 7.91. The molecule has 0 amide bonds. The molecule has 4 N–H and O–H groups in total. The molecule has 0 spiro atoms. The van der Waals surface area contributed by atoms with Crippen molar-refractivity contribution in [2.75, 3.05) is 11.5 Å². The van der Waals surface area contributed by atoms with Crippen molar-refractivity contribution in [1.82, 2.24) is 0 Å². The highest BCUT2D eigenvalue weighted by Gasteiger charge is 2.52. The Morgan fingerprint density at radius 1 is 0.597 bits per heavy atom. The quantitative estimate of drug-likeness (QED) is 0.164. The molecule has 0 unspecified atom stereocenters. The van der Waals surface area contributed by atoms with E-state index < -0.39 is 44.1 Å². The average molecular weight is 1110 g/mol. The second-order valence-corrected chi connectivity index (χ2v) is 28.5. The fraction of sp³-hybridized carbons (Fsp3) is 0.586. The maximum atomic E-state index is 13.0. The predicted molar refractivity (Wildman–Crippen MR) is 294 cm³/mol. The first-order valence-corrected chi connectivity index (χ1v) is 30.9. The normalized spacial score (nSPS) is 34.2. The molecule has 6 fully saturated rings. The lowest BCUT2D eigenvalue weighted by atomic mass is 9.61. The van der Waals surface area contributed by atoms with E-state index in [4.69, 9.17) is 46.4 Å². The van der Waals surface area contributed by atoms with Gasteiger partial charge in [-0.05, 0) is 195 Å². The zero-order valence-electron chi connectivity index (χ0n) is 42.4. The fourth-order valence-electron chi connectivity index (χ4n) is 14.0. The van der Waals surface area contributed by atoms with E-state index in [0.717, 1.165) is 86.5 Å². The molecule has 0 radical (unpaired) electrons. The van der Waals surface area contributed by atoms with Crippen molar-refractivity contribution in [3.8, 4) is 0 Å². The van der Waals surface area contributed by atoms with Gasteiger partial charge in [-0.25, -0.2) is 16.8 Å². The van der Waals surface area contributed by atoms with Gasteiger partial charge in [0.1, 0.15) is 0 Å². The van der Waals surface area contributed by atoms with E-state index in [1.165, 1.54) is 47.5 Å². The first-order valence-electron chi connectivity index (χ1n) is 26.1. The largest absolute Gasteiger partial charge is 0.393 e. The van der Waals surface area contributed by atoms with Gasteiger partial charge in [-0.3, -0.25) is 0 Å². The maximum Gasteiger partial charge on any atom is 0.178 e. The number of fused-ring (bicyclic) bond motifs is 2. The lowest BCUT2D eigenvalue weighted by molar-refractivity contribution is 0.0855. The minimum atomic E-state index is -3.43. The summed E-state index contributed by atoms with van der Waals surface area (Å²) in [5.74, 6) is 2.68. The van der Waals surface area contributed by atoms with Gasteiger partial charge in [0.25, 0.3) is 0 Å². The topological polar surface area (TPSA) is 149 Å². The number of aliphatic hydroxyl groups excluding tert-OH is 4. The third kappa shape index (κ3) is 12.8. The van der Waals surface area contributed by atoms with Crippen LogP contribution >= 0.6 is 46.4 Å². The SMILES string of the molecule is C=C1/C(=C\C=C2/CCC[C@]3(C)[C@@H]([C@H](C)CCS(=O)(=O)c4ccc(Cl)c(Cl)c4)CC[C@@H]23)C[C@@H](O)C[C@@H]1O.C=C1/C(=C\C=C2/CCC[C@]3(C)[C@@H]([C@H](C)CCS(=O)(=O)c4ccc(Cl)c(Cl)c4)CC[C@@H]23)C[C@H](O)C[C@H]1O. The molecule has 6 saturated carbocycles. The number of allylic oxidation sites excluding steroid dienone is 6. The van der Waals surface area contributed by atoms with Crippen LogP contribution in [0.2, 0.25) is 20.1 Å². The molecule has 396 valence electrons. The fourth-order valence-corrected chi connectivity index (χ4v) is 17.7. The van der Waals surface area contributed by atoms with Crippen molar-refractivity contribution in [3.63, 3.8) is 0 Å². The van der Waals surface area contributed by atoms with Gasteiger partial charge in [0.2, 0.25) is 0 Å². The zero-order chi connectivity index (χ0) is 52.5. The molecule has 2 aromatic rings. The van der Waals surface area contributed by atoms with Gasteiger partial charge in [-0.15, -0.1) is 0 Å². The van der Waals surface area contributed by atoms with Crippen molar-refractivity contribution in [3.05, 3.63) is 127 Å². The van der Waals surface area contributed by atoms with Crippen molar-refractivity contribution < 1.29 is 37.3 Å². The van der Waals surface area contributed by atoms with Crippen LogP contribution < -0.4 is 0 Å². The minimum absolute atomic E-state index is 0.102. The van der Waals surface area contributed by atoms with Crippen LogP contribution in [0.5, 0.6) is 0 Å². The number of halogens is 4. The number of hydrogen-bond acceptors (Lipinski definition) is 8. The second-order valence-electron chi connectivity index (χ2n) is 22.6. The van der Waals surface area contributed by atoms with E-state index in [9.17, 15) is 37.3 Å². The van der Waals surface area contributed by atoms with Crippen LogP contribution in [-0.4, -0.2) is 73.2 Å². The molecule has 0 bridgehead atoms. The Kier molecular flexibility index (Phi) is 18.8. The molecule has 8 rings (SSSR count). The molecule has 12 atom stereocenters. The third-order valence-electron chi connectivity index (χ3n) is 18.2. The minimum Gasteiger partial charge on any atom is -0.393 e. The Bertz CT molecular complexity index is 2530. The summed E-state index contributed by atoms with van der Waals surface area (Å²) in [6.07, 6.45) is 20.3. The first kappa shape index (κ1) is 57.5. The van der Waals surface area contributed by atoms with Crippen LogP contribution in [0, 0.1) is 46.3 Å². The summed E-state index contributed by atoms with van der Waals surface area (Å²) in [4.78, 5) is 0.463. The molecular formula is C58H76Cl4O8S2. The second kappa shape index (κ2) is 23.6. The summed E-state index contributed by atoms with van der Waals surface area (Å²) in [5, 5.41) is 41.7. The standard InChI is InChI=1S/2C29H38Cl2O4S/c2*1-18(12-14-36(34,35)23-8-11-26(30)27(31)17-23)24-9-10-25-20(5-4-13-29(24,25)3)6-7-21-15-22(32)16-28(33)19(21)2/h2*6-8,11,17-18,22,24-25,28,32-33H,2,4-5,9-10,12-16H2,1,3H3/b2*20-6+,21-7-/t18-,22+,24-,25+,28-,29-;18-,22-,24-,25+,28+,29-/m11/s1. The number of hydrogen-bond donors (Lipinski definition) is 4. The molecule has 72 heavy (non-hydrogen) atoms. The smallest absolute Gasteiger partial charge is 0.178 e. The molecule has 2 aromatic carbocycles. The van der Waals surface area contributed by atoms with Crippen LogP contribution in [0.1, 0.15) is 130 Å². The average Bonchev–Trinajstić information content (AvgIpc) is 3.88. The van der Waals surface area contributed by atoms with Crippen molar-refractivity contribution in [2.24, 2.45) is 46.3 Å². The lowest BCUT2D eigenvalue weighted by Gasteiger charge is -2.44. The van der Waals surface area contributed by atoms with Gasteiger partial charge in [-0.2, -0.15) is 0 Å². The number of aliphatic hydroxyl groups is 4. The molecule has 0 heterocycles. The summed E-state index contributed by atoms with van der Waals surface area (Å²) >= 11 is 24.0. The van der Waals surface area contributed by atoms with E-state index in [1.807, 2.05) is 0 Å². The summed E-state index contributed by atoms with van der Waals surface area (Å²) < 4.78 is 51.9. The van der Waals surface area contributed by atoms with Gasteiger partial charge in [0, 0.05) is 12.8 Å². The van der Waals surface area contributed by atoms with Crippen LogP contribution in [0.15, 0.2) is 117 Å². The molecular weight excluding hydrogens is 1030 g/mol. The number of benzene rings is 2. The lowest BCUT2D eigenvalue weighted by Crippen LogP contribution is -2.36. The van der Waals surface area contributed by atoms with E-state index in [-0.39, 0.29) is 42.2 Å². The number of rotatable bonds is 12. The van der Waals surface area contributed by atoms with Crippen molar-refractivity contribution in [1.29, 1.82) is 0 Å². The van der Waals surface area contributed by atoms with Crippen LogP contribution in [0.25, 0.3) is 0 Å². The Morgan fingerprint density at radius 2 is 0.972 bits per heavy atom. The highest BCUT2D eigenvalue weighted by atomic mass is 35.5. The molecule has 0 saturated heterocycles. The monoisotopic (exact) mass is 1100 g/mol. The molecule has 8 nitrogen and oxygen atoms in total. The molecule has 14 heteroatoms. The molecule has 6 aliphatic carbocycles. The Balaban J connectivity index is 0.000000211. The Labute approximate surface area is 450 Å². The number of sulfone groups is 2. The summed E-state index contributed by atoms with van der Waals surface area (Å²) in [6.45, 7) is 17.3. The van der Waals surface area contributed by atoms with E-state index in [2.05, 4.69) is 65.2 Å². The van der Waals surface area contributed by atoms with Crippen LogP contribution in [0.3, 0.4) is 0 Å². The van der Waals surface area contributed by atoms with E-state index in [1.54, 1.807) is 0 Å². The predicted octanol–water partition coefficient (Wildman–Crippen LogP) is 13.9. The highest BCUT2D eigenvalue weighted by Crippen LogP contribution is 2.61. The summed E-state index contributed by atoms with van der Waals surface area (Å²) in [6, 6.07) is 9.04. The van der Waals surface area contributed by atoms with Crippen LogP contribution in [-0.2, 0) is 19.7 Å².